The van der Waals surface area contributed by atoms with E-state index in [0.717, 1.165) is 0 Å². The maximum Gasteiger partial charge on any atom is 0.391 e. The molecule has 1 aromatic rings. The monoisotopic (exact) mass is 284 g/mol. The van der Waals surface area contributed by atoms with E-state index in [1.165, 1.54) is 4.90 Å². The molecule has 0 unspecified atom stereocenters. The zero-order chi connectivity index (χ0) is 14.2. The van der Waals surface area contributed by atoms with Crippen LogP contribution in [0.2, 0.25) is 0 Å². The maximum atomic E-state index is 13.4. The number of pyridine rings is 1. The number of piperidine rings is 1. The van der Waals surface area contributed by atoms with Gasteiger partial charge >= 0.3 is 6.18 Å². The fourth-order valence-corrected chi connectivity index (χ4v) is 2.08. The lowest BCUT2D eigenvalue weighted by atomic mass is 9.96. The summed E-state index contributed by atoms with van der Waals surface area (Å²) in [6.45, 7) is -0.196. The Hall–Kier alpha value is -1.47. The summed E-state index contributed by atoms with van der Waals surface area (Å²) in [5, 5.41) is 0. The Morgan fingerprint density at radius 3 is 2.16 bits per heavy atom. The van der Waals surface area contributed by atoms with Gasteiger partial charge in [0.2, 0.25) is 0 Å². The molecule has 1 saturated heterocycles. The van der Waals surface area contributed by atoms with Crippen LogP contribution >= 0.6 is 0 Å². The van der Waals surface area contributed by atoms with Crippen molar-refractivity contribution in [2.24, 2.45) is 5.92 Å². The van der Waals surface area contributed by atoms with Gasteiger partial charge in [-0.05, 0) is 12.8 Å². The molecule has 2 rings (SSSR count). The summed E-state index contributed by atoms with van der Waals surface area (Å²) < 4.78 is 76.4. The highest BCUT2D eigenvalue weighted by Gasteiger charge is 2.41. The van der Waals surface area contributed by atoms with Gasteiger partial charge in [0.05, 0.1) is 5.92 Å². The SMILES string of the molecule is Fc1cc(F)c(N2CCC(C(F)(F)F)CC2)nc1F. The second-order valence-electron chi connectivity index (χ2n) is 4.37. The van der Waals surface area contributed by atoms with E-state index in [-0.39, 0.29) is 25.9 Å². The molecule has 0 aromatic carbocycles. The average molecular weight is 284 g/mol. The van der Waals surface area contributed by atoms with E-state index in [1.54, 1.807) is 0 Å². The molecule has 0 atom stereocenters. The molecule has 0 spiro atoms. The Balaban J connectivity index is 2.12. The normalized spacial score (nSPS) is 17.9. The molecule has 106 valence electrons. The fraction of sp³-hybridized carbons (Fsp3) is 0.545. The van der Waals surface area contributed by atoms with Crippen LogP contribution in [0.5, 0.6) is 0 Å². The smallest absolute Gasteiger partial charge is 0.354 e. The van der Waals surface area contributed by atoms with Crippen molar-refractivity contribution in [3.05, 3.63) is 23.6 Å². The van der Waals surface area contributed by atoms with Crippen LogP contribution in [0.1, 0.15) is 12.8 Å². The Morgan fingerprint density at radius 2 is 1.63 bits per heavy atom. The zero-order valence-corrected chi connectivity index (χ0v) is 9.65. The van der Waals surface area contributed by atoms with E-state index in [2.05, 4.69) is 4.98 Å². The summed E-state index contributed by atoms with van der Waals surface area (Å²) in [5.41, 5.74) is 0. The quantitative estimate of drug-likeness (QED) is 0.581. The van der Waals surface area contributed by atoms with Crippen molar-refractivity contribution in [3.63, 3.8) is 0 Å². The number of anilines is 1. The second-order valence-corrected chi connectivity index (χ2v) is 4.37. The minimum atomic E-state index is -4.29. The fourth-order valence-electron chi connectivity index (χ4n) is 2.08. The first-order chi connectivity index (χ1) is 8.79. The molecule has 0 N–H and O–H groups in total. The minimum Gasteiger partial charge on any atom is -0.354 e. The average Bonchev–Trinajstić information content (AvgIpc) is 2.33. The molecule has 1 aromatic heterocycles. The lowest BCUT2D eigenvalue weighted by Crippen LogP contribution is -2.39. The summed E-state index contributed by atoms with van der Waals surface area (Å²) in [4.78, 5) is 4.31. The molecule has 1 aliphatic rings. The topological polar surface area (TPSA) is 16.1 Å². The van der Waals surface area contributed by atoms with Crippen LogP contribution < -0.4 is 4.90 Å². The highest BCUT2D eigenvalue weighted by Crippen LogP contribution is 2.35. The largest absolute Gasteiger partial charge is 0.391 e. The van der Waals surface area contributed by atoms with Gasteiger partial charge in [-0.2, -0.15) is 22.5 Å². The molecule has 19 heavy (non-hydrogen) atoms. The summed E-state index contributed by atoms with van der Waals surface area (Å²) in [6, 6.07) is 0.341. The number of nitrogens with zero attached hydrogens (tertiary/aromatic N) is 2. The molecular weight excluding hydrogens is 274 g/mol. The number of hydrogen-bond donors (Lipinski definition) is 0. The van der Waals surface area contributed by atoms with Crippen LogP contribution in [0, 0.1) is 23.5 Å². The third kappa shape index (κ3) is 2.93. The first kappa shape index (κ1) is 14.0. The lowest BCUT2D eigenvalue weighted by Gasteiger charge is -2.33. The summed E-state index contributed by atoms with van der Waals surface area (Å²) >= 11 is 0. The van der Waals surface area contributed by atoms with E-state index in [9.17, 15) is 26.3 Å². The first-order valence-corrected chi connectivity index (χ1v) is 5.62. The van der Waals surface area contributed by atoms with Crippen molar-refractivity contribution in [2.75, 3.05) is 18.0 Å². The van der Waals surface area contributed by atoms with Gasteiger partial charge in [0.15, 0.2) is 17.5 Å². The van der Waals surface area contributed by atoms with Crippen LogP contribution in [0.25, 0.3) is 0 Å². The van der Waals surface area contributed by atoms with Crippen LogP contribution in [0.4, 0.5) is 32.2 Å². The van der Waals surface area contributed by atoms with Gasteiger partial charge in [-0.1, -0.05) is 0 Å². The molecule has 8 heteroatoms. The van der Waals surface area contributed by atoms with Gasteiger partial charge in [-0.3, -0.25) is 0 Å². The standard InChI is InChI=1S/C11H10F6N2/c12-7-5-8(13)10(18-9(7)14)19-3-1-6(2-4-19)11(15,16)17/h5-6H,1-4H2. The predicted molar refractivity (Wildman–Crippen MR) is 55.1 cm³/mol. The van der Waals surface area contributed by atoms with Crippen LogP contribution in [-0.2, 0) is 0 Å². The maximum absolute atomic E-state index is 13.4. The Labute approximate surface area is 105 Å². The van der Waals surface area contributed by atoms with Crippen molar-refractivity contribution in [3.8, 4) is 0 Å². The Bertz CT molecular complexity index is 465. The van der Waals surface area contributed by atoms with Crippen molar-refractivity contribution < 1.29 is 26.3 Å². The van der Waals surface area contributed by atoms with Gasteiger partial charge in [0.1, 0.15) is 0 Å². The Kier molecular flexibility index (Phi) is 3.60. The van der Waals surface area contributed by atoms with Crippen molar-refractivity contribution in [1.82, 2.24) is 4.98 Å². The number of aromatic nitrogens is 1. The molecule has 0 aliphatic carbocycles. The zero-order valence-electron chi connectivity index (χ0n) is 9.65. The summed E-state index contributed by atoms with van der Waals surface area (Å²) in [6.07, 6.45) is -4.72. The van der Waals surface area contributed by atoms with Gasteiger partial charge < -0.3 is 4.90 Å². The van der Waals surface area contributed by atoms with Crippen LogP contribution in [0.3, 0.4) is 0 Å². The number of alkyl halides is 3. The number of hydrogen-bond acceptors (Lipinski definition) is 2. The molecule has 2 nitrogen and oxygen atoms in total. The minimum absolute atomic E-state index is 0.0980. The third-order valence-electron chi connectivity index (χ3n) is 3.13. The van der Waals surface area contributed by atoms with E-state index in [0.29, 0.717) is 6.07 Å². The van der Waals surface area contributed by atoms with E-state index < -0.39 is 35.5 Å². The molecule has 0 saturated carbocycles. The summed E-state index contributed by atoms with van der Waals surface area (Å²) in [7, 11) is 0. The van der Waals surface area contributed by atoms with Gasteiger partial charge in [-0.25, -0.2) is 8.78 Å². The molecule has 1 fully saturated rings. The Morgan fingerprint density at radius 1 is 1.05 bits per heavy atom. The second kappa shape index (κ2) is 4.90. The molecule has 0 radical (unpaired) electrons. The predicted octanol–water partition coefficient (Wildman–Crippen LogP) is 3.28. The van der Waals surface area contributed by atoms with E-state index >= 15 is 0 Å². The van der Waals surface area contributed by atoms with Crippen molar-refractivity contribution in [1.29, 1.82) is 0 Å². The highest BCUT2D eigenvalue weighted by molar-refractivity contribution is 5.40. The van der Waals surface area contributed by atoms with E-state index in [1.807, 2.05) is 0 Å². The number of halogens is 6. The van der Waals surface area contributed by atoms with Crippen molar-refractivity contribution >= 4 is 5.82 Å². The van der Waals surface area contributed by atoms with Gasteiger partial charge in [0.25, 0.3) is 5.95 Å². The summed E-state index contributed by atoms with van der Waals surface area (Å²) in [5.74, 6) is -5.86. The first-order valence-electron chi connectivity index (χ1n) is 5.62. The molecule has 0 bridgehead atoms. The van der Waals surface area contributed by atoms with Crippen LogP contribution in [-0.4, -0.2) is 24.2 Å². The van der Waals surface area contributed by atoms with Crippen LogP contribution in [0.15, 0.2) is 6.07 Å². The molecule has 0 amide bonds. The van der Waals surface area contributed by atoms with Gasteiger partial charge in [-0.15, -0.1) is 0 Å². The lowest BCUT2D eigenvalue weighted by molar-refractivity contribution is -0.179. The molecule has 2 heterocycles. The molecule has 1 aliphatic heterocycles. The number of rotatable bonds is 1. The third-order valence-corrected chi connectivity index (χ3v) is 3.13. The van der Waals surface area contributed by atoms with Crippen molar-refractivity contribution in [2.45, 2.75) is 19.0 Å². The van der Waals surface area contributed by atoms with Gasteiger partial charge in [0, 0.05) is 19.2 Å². The molecular formula is C11H10F6N2. The highest BCUT2D eigenvalue weighted by atomic mass is 19.4. The van der Waals surface area contributed by atoms with E-state index in [4.69, 9.17) is 0 Å².